The van der Waals surface area contributed by atoms with Crippen LogP contribution < -0.4 is 11.1 Å². The average molecular weight is 332 g/mol. The second-order valence-corrected chi connectivity index (χ2v) is 5.74. The number of carbonyl (C=O) groups is 2. The summed E-state index contributed by atoms with van der Waals surface area (Å²) in [6.45, 7) is 1.04. The first-order valence-electron chi connectivity index (χ1n) is 7.20. The number of nitro benzene ring substituents is 1. The number of nitrogen functional groups attached to an aromatic ring is 1. The van der Waals surface area contributed by atoms with Crippen molar-refractivity contribution in [1.29, 1.82) is 5.26 Å². The van der Waals surface area contributed by atoms with E-state index in [0.717, 1.165) is 18.9 Å². The molecule has 0 aromatic heterocycles. The van der Waals surface area contributed by atoms with Crippen molar-refractivity contribution < 1.29 is 19.2 Å². The number of nitrogens with one attached hydrogen (secondary N) is 1. The number of nitrogens with zero attached hydrogens (tertiary/aromatic N) is 2. The van der Waals surface area contributed by atoms with Gasteiger partial charge in [0.15, 0.2) is 6.61 Å². The van der Waals surface area contributed by atoms with Gasteiger partial charge in [-0.15, -0.1) is 0 Å². The van der Waals surface area contributed by atoms with Crippen molar-refractivity contribution in [3.05, 3.63) is 33.9 Å². The minimum Gasteiger partial charge on any atom is -0.452 e. The molecule has 1 atom stereocenters. The molecule has 1 aromatic carbocycles. The van der Waals surface area contributed by atoms with Gasteiger partial charge in [-0.2, -0.15) is 5.26 Å². The number of nitrogens with two attached hydrogens (primary N) is 1. The predicted octanol–water partition coefficient (Wildman–Crippen LogP) is 1.14. The number of carbonyl (C=O) groups excluding carboxylic acids is 2. The number of esters is 1. The lowest BCUT2D eigenvalue weighted by Crippen LogP contribution is -2.48. The summed E-state index contributed by atoms with van der Waals surface area (Å²) in [6.07, 6.45) is 1.72. The zero-order valence-electron chi connectivity index (χ0n) is 12.9. The molecule has 0 heterocycles. The Morgan fingerprint density at radius 2 is 2.21 bits per heavy atom. The predicted molar refractivity (Wildman–Crippen MR) is 82.7 cm³/mol. The number of ether oxygens (including phenoxy) is 1. The van der Waals surface area contributed by atoms with Gasteiger partial charge in [-0.1, -0.05) is 0 Å². The van der Waals surface area contributed by atoms with Crippen molar-refractivity contribution in [2.24, 2.45) is 5.92 Å². The van der Waals surface area contributed by atoms with Gasteiger partial charge in [0.2, 0.25) is 0 Å². The summed E-state index contributed by atoms with van der Waals surface area (Å²) in [4.78, 5) is 33.8. The molecule has 0 aliphatic heterocycles. The van der Waals surface area contributed by atoms with Crippen molar-refractivity contribution in [3.8, 4) is 6.07 Å². The van der Waals surface area contributed by atoms with Gasteiger partial charge < -0.3 is 15.8 Å². The molecule has 0 unspecified atom stereocenters. The summed E-state index contributed by atoms with van der Waals surface area (Å²) in [5.41, 5.74) is 3.87. The molecular weight excluding hydrogens is 316 g/mol. The fourth-order valence-electron chi connectivity index (χ4n) is 2.25. The number of amides is 1. The molecule has 1 fully saturated rings. The minimum atomic E-state index is -0.983. The van der Waals surface area contributed by atoms with Gasteiger partial charge in [-0.3, -0.25) is 14.9 Å². The molecule has 1 aliphatic rings. The highest BCUT2D eigenvalue weighted by Crippen LogP contribution is 2.39. The molecule has 0 radical (unpaired) electrons. The lowest BCUT2D eigenvalue weighted by Gasteiger charge is -2.22. The summed E-state index contributed by atoms with van der Waals surface area (Å²) in [5, 5.41) is 22.5. The Balaban J connectivity index is 1.96. The first-order chi connectivity index (χ1) is 11.3. The number of hydrogen-bond donors (Lipinski definition) is 2. The molecule has 2 rings (SSSR count). The molecule has 1 aromatic rings. The lowest BCUT2D eigenvalue weighted by atomic mass is 9.98. The van der Waals surface area contributed by atoms with Crippen LogP contribution in [0.5, 0.6) is 0 Å². The van der Waals surface area contributed by atoms with E-state index in [9.17, 15) is 19.7 Å². The van der Waals surface area contributed by atoms with E-state index in [1.54, 1.807) is 6.92 Å². The van der Waals surface area contributed by atoms with Crippen LogP contribution >= 0.6 is 0 Å². The molecule has 1 aliphatic carbocycles. The third-order valence-electron chi connectivity index (χ3n) is 3.82. The molecule has 0 spiro atoms. The molecule has 0 saturated heterocycles. The third-order valence-corrected chi connectivity index (χ3v) is 3.82. The van der Waals surface area contributed by atoms with E-state index in [1.807, 2.05) is 0 Å². The Morgan fingerprint density at radius 3 is 2.75 bits per heavy atom. The van der Waals surface area contributed by atoms with Crippen LogP contribution in [0.1, 0.15) is 30.1 Å². The van der Waals surface area contributed by atoms with E-state index >= 15 is 0 Å². The largest absolute Gasteiger partial charge is 0.452 e. The highest BCUT2D eigenvalue weighted by atomic mass is 16.6. The maximum atomic E-state index is 11.9. The summed E-state index contributed by atoms with van der Waals surface area (Å²) in [6, 6.07) is 5.53. The lowest BCUT2D eigenvalue weighted by molar-refractivity contribution is -0.383. The van der Waals surface area contributed by atoms with Gasteiger partial charge in [0, 0.05) is 6.07 Å². The van der Waals surface area contributed by atoms with Gasteiger partial charge in [-0.25, -0.2) is 4.79 Å². The van der Waals surface area contributed by atoms with Crippen molar-refractivity contribution in [2.75, 3.05) is 12.3 Å². The number of hydrogen-bond acceptors (Lipinski definition) is 7. The first-order valence-corrected chi connectivity index (χ1v) is 7.20. The van der Waals surface area contributed by atoms with E-state index in [4.69, 9.17) is 15.7 Å². The van der Waals surface area contributed by atoms with Gasteiger partial charge in [0.05, 0.1) is 16.6 Å². The van der Waals surface area contributed by atoms with Crippen molar-refractivity contribution in [1.82, 2.24) is 5.32 Å². The Labute approximate surface area is 137 Å². The van der Waals surface area contributed by atoms with Gasteiger partial charge in [0.25, 0.3) is 11.6 Å². The molecule has 24 heavy (non-hydrogen) atoms. The van der Waals surface area contributed by atoms with E-state index in [0.29, 0.717) is 0 Å². The molecule has 3 N–H and O–H groups in total. The van der Waals surface area contributed by atoms with Crippen LogP contribution in [0.3, 0.4) is 0 Å². The Hall–Kier alpha value is -3.15. The zero-order chi connectivity index (χ0) is 17.9. The summed E-state index contributed by atoms with van der Waals surface area (Å²) in [5.74, 6) is -1.40. The fourth-order valence-corrected chi connectivity index (χ4v) is 2.25. The van der Waals surface area contributed by atoms with E-state index in [-0.39, 0.29) is 17.2 Å². The number of benzene rings is 1. The standard InChI is InChI=1S/C15H16N4O5/c1-15(8-16,10-3-4-10)18-13(20)7-24-14(21)9-2-5-11(17)12(6-9)19(22)23/h2,5-6,10H,3-4,7,17H2,1H3,(H,18,20)/t15-/m1/s1. The highest BCUT2D eigenvalue weighted by Gasteiger charge is 2.43. The van der Waals surface area contributed by atoms with Crippen LogP contribution in [-0.4, -0.2) is 28.9 Å². The van der Waals surface area contributed by atoms with Crippen molar-refractivity contribution in [2.45, 2.75) is 25.3 Å². The van der Waals surface area contributed by atoms with Crippen molar-refractivity contribution in [3.63, 3.8) is 0 Å². The normalized spacial score (nSPS) is 15.7. The number of nitriles is 1. The smallest absolute Gasteiger partial charge is 0.338 e. The molecular formula is C15H16N4O5. The van der Waals surface area contributed by atoms with Crippen LogP contribution in [0, 0.1) is 27.4 Å². The molecule has 1 amide bonds. The van der Waals surface area contributed by atoms with Crippen LogP contribution in [0.2, 0.25) is 0 Å². The molecule has 9 nitrogen and oxygen atoms in total. The molecule has 1 saturated carbocycles. The second kappa shape index (κ2) is 6.54. The van der Waals surface area contributed by atoms with Gasteiger partial charge in [0.1, 0.15) is 11.2 Å². The third kappa shape index (κ3) is 3.78. The Bertz CT molecular complexity index is 738. The monoisotopic (exact) mass is 332 g/mol. The average Bonchev–Trinajstić information content (AvgIpc) is 3.38. The van der Waals surface area contributed by atoms with E-state index in [2.05, 4.69) is 11.4 Å². The first kappa shape index (κ1) is 17.2. The van der Waals surface area contributed by atoms with Gasteiger partial charge >= 0.3 is 5.97 Å². The summed E-state index contributed by atoms with van der Waals surface area (Å²) < 4.78 is 4.83. The van der Waals surface area contributed by atoms with Crippen LogP contribution in [0.25, 0.3) is 0 Å². The van der Waals surface area contributed by atoms with Gasteiger partial charge in [-0.05, 0) is 37.8 Å². The minimum absolute atomic E-state index is 0.0801. The SMILES string of the molecule is C[C@](C#N)(NC(=O)COC(=O)c1ccc(N)c([N+](=O)[O-])c1)C1CC1. The Kier molecular flexibility index (Phi) is 4.69. The van der Waals surface area contributed by atoms with Crippen LogP contribution in [0.15, 0.2) is 18.2 Å². The fraction of sp³-hybridized carbons (Fsp3) is 0.400. The number of anilines is 1. The summed E-state index contributed by atoms with van der Waals surface area (Å²) in [7, 11) is 0. The summed E-state index contributed by atoms with van der Waals surface area (Å²) >= 11 is 0. The maximum Gasteiger partial charge on any atom is 0.338 e. The number of nitro groups is 1. The Morgan fingerprint density at radius 1 is 1.54 bits per heavy atom. The zero-order valence-corrected chi connectivity index (χ0v) is 12.9. The van der Waals surface area contributed by atoms with Crippen LogP contribution in [-0.2, 0) is 9.53 Å². The van der Waals surface area contributed by atoms with Crippen molar-refractivity contribution >= 4 is 23.3 Å². The topological polar surface area (TPSA) is 148 Å². The maximum absolute atomic E-state index is 11.9. The second-order valence-electron chi connectivity index (χ2n) is 5.74. The molecule has 9 heteroatoms. The van der Waals surface area contributed by atoms with E-state index < -0.39 is 34.6 Å². The highest BCUT2D eigenvalue weighted by molar-refractivity contribution is 5.93. The molecule has 0 bridgehead atoms. The quantitative estimate of drug-likeness (QED) is 0.343. The van der Waals surface area contributed by atoms with E-state index in [1.165, 1.54) is 12.1 Å². The molecule has 126 valence electrons. The number of rotatable bonds is 6. The van der Waals surface area contributed by atoms with Crippen LogP contribution in [0.4, 0.5) is 11.4 Å².